The standard InChI is InChI=1S/C17H20N4O/c1-3-12-10-15(19-20-16(12)18)17(22)21-9-8-13-6-4-5-7-14(13)11(21)2/h4-7,10-11H,3,8-9H2,1-2H3,(H2,18,20)/t11-/m1/s1. The molecule has 5 nitrogen and oxygen atoms in total. The average Bonchev–Trinajstić information content (AvgIpc) is 2.55. The Labute approximate surface area is 130 Å². The molecule has 1 aromatic heterocycles. The fourth-order valence-corrected chi connectivity index (χ4v) is 3.02. The lowest BCUT2D eigenvalue weighted by Gasteiger charge is -2.35. The first-order valence-electron chi connectivity index (χ1n) is 7.62. The number of benzene rings is 1. The van der Waals surface area contributed by atoms with E-state index in [2.05, 4.69) is 29.3 Å². The largest absolute Gasteiger partial charge is 0.382 e. The Morgan fingerprint density at radius 1 is 1.36 bits per heavy atom. The fraction of sp³-hybridized carbons (Fsp3) is 0.353. The molecule has 0 spiro atoms. The Hall–Kier alpha value is -2.43. The summed E-state index contributed by atoms with van der Waals surface area (Å²) in [6.07, 6.45) is 1.61. The van der Waals surface area contributed by atoms with Crippen molar-refractivity contribution in [3.8, 4) is 0 Å². The van der Waals surface area contributed by atoms with Crippen LogP contribution in [-0.2, 0) is 12.8 Å². The normalized spacial score (nSPS) is 17.2. The predicted octanol–water partition coefficient (Wildman–Crippen LogP) is 2.38. The first-order chi connectivity index (χ1) is 10.6. The molecule has 1 atom stereocenters. The molecule has 114 valence electrons. The van der Waals surface area contributed by atoms with Crippen LogP contribution >= 0.6 is 0 Å². The quantitative estimate of drug-likeness (QED) is 0.923. The zero-order valence-corrected chi connectivity index (χ0v) is 12.9. The molecule has 0 aliphatic carbocycles. The average molecular weight is 296 g/mol. The highest BCUT2D eigenvalue weighted by atomic mass is 16.2. The smallest absolute Gasteiger partial charge is 0.274 e. The summed E-state index contributed by atoms with van der Waals surface area (Å²) >= 11 is 0. The molecule has 1 amide bonds. The summed E-state index contributed by atoms with van der Waals surface area (Å²) in [6.45, 7) is 4.74. The van der Waals surface area contributed by atoms with Gasteiger partial charge in [0.05, 0.1) is 6.04 Å². The van der Waals surface area contributed by atoms with Crippen LogP contribution in [0.1, 0.15) is 47.1 Å². The maximum Gasteiger partial charge on any atom is 0.274 e. The van der Waals surface area contributed by atoms with Gasteiger partial charge in [-0.1, -0.05) is 31.2 Å². The number of nitrogens with two attached hydrogens (primary N) is 1. The third kappa shape index (κ3) is 2.43. The van der Waals surface area contributed by atoms with Crippen LogP contribution in [0, 0.1) is 0 Å². The molecule has 0 saturated heterocycles. The topological polar surface area (TPSA) is 72.1 Å². The van der Waals surface area contributed by atoms with Crippen molar-refractivity contribution in [3.05, 3.63) is 52.7 Å². The van der Waals surface area contributed by atoms with E-state index in [0.717, 1.165) is 18.4 Å². The Morgan fingerprint density at radius 3 is 2.91 bits per heavy atom. The van der Waals surface area contributed by atoms with Gasteiger partial charge in [-0.25, -0.2) is 0 Å². The van der Waals surface area contributed by atoms with Crippen LogP contribution in [0.4, 0.5) is 5.82 Å². The highest BCUT2D eigenvalue weighted by Gasteiger charge is 2.29. The van der Waals surface area contributed by atoms with Gasteiger partial charge in [0.25, 0.3) is 5.91 Å². The number of nitrogens with zero attached hydrogens (tertiary/aromatic N) is 3. The third-order valence-corrected chi connectivity index (χ3v) is 4.36. The molecule has 5 heteroatoms. The predicted molar refractivity (Wildman–Crippen MR) is 85.4 cm³/mol. The molecule has 2 N–H and O–H groups in total. The monoisotopic (exact) mass is 296 g/mol. The number of carbonyl (C=O) groups excluding carboxylic acids is 1. The van der Waals surface area contributed by atoms with Gasteiger partial charge in [0, 0.05) is 6.54 Å². The van der Waals surface area contributed by atoms with E-state index in [1.54, 1.807) is 6.07 Å². The van der Waals surface area contributed by atoms with Crippen molar-refractivity contribution in [1.82, 2.24) is 15.1 Å². The van der Waals surface area contributed by atoms with Gasteiger partial charge in [-0.05, 0) is 42.5 Å². The second-order valence-electron chi connectivity index (χ2n) is 5.62. The fourth-order valence-electron chi connectivity index (χ4n) is 3.02. The Bertz CT molecular complexity index is 714. The van der Waals surface area contributed by atoms with E-state index in [9.17, 15) is 4.79 Å². The number of anilines is 1. The van der Waals surface area contributed by atoms with Crippen LogP contribution < -0.4 is 5.73 Å². The minimum atomic E-state index is -0.0794. The van der Waals surface area contributed by atoms with Crippen molar-refractivity contribution >= 4 is 11.7 Å². The zero-order chi connectivity index (χ0) is 15.7. The minimum Gasteiger partial charge on any atom is -0.382 e. The van der Waals surface area contributed by atoms with Crippen LogP contribution in [0.15, 0.2) is 30.3 Å². The Balaban J connectivity index is 1.90. The summed E-state index contributed by atoms with van der Waals surface area (Å²) in [7, 11) is 0. The molecule has 1 aromatic carbocycles. The second-order valence-corrected chi connectivity index (χ2v) is 5.62. The van der Waals surface area contributed by atoms with Crippen LogP contribution in [0.5, 0.6) is 0 Å². The highest BCUT2D eigenvalue weighted by molar-refractivity contribution is 5.93. The molecular weight excluding hydrogens is 276 g/mol. The number of rotatable bonds is 2. The summed E-state index contributed by atoms with van der Waals surface area (Å²) < 4.78 is 0. The van der Waals surface area contributed by atoms with Crippen molar-refractivity contribution in [2.45, 2.75) is 32.7 Å². The van der Waals surface area contributed by atoms with E-state index < -0.39 is 0 Å². The number of hydrogen-bond acceptors (Lipinski definition) is 4. The zero-order valence-electron chi connectivity index (χ0n) is 12.9. The minimum absolute atomic E-state index is 0.0434. The molecule has 1 aliphatic rings. The molecule has 0 fully saturated rings. The van der Waals surface area contributed by atoms with Crippen molar-refractivity contribution in [1.29, 1.82) is 0 Å². The Kier molecular flexibility index (Phi) is 3.79. The first kappa shape index (κ1) is 14.5. The maximum absolute atomic E-state index is 12.8. The highest BCUT2D eigenvalue weighted by Crippen LogP contribution is 2.30. The Morgan fingerprint density at radius 2 is 2.14 bits per heavy atom. The SMILES string of the molecule is CCc1cc(C(=O)N2CCc3ccccc3[C@H]2C)nnc1N. The van der Waals surface area contributed by atoms with Gasteiger partial charge in [0.2, 0.25) is 0 Å². The molecule has 22 heavy (non-hydrogen) atoms. The number of aryl methyl sites for hydroxylation is 1. The van der Waals surface area contributed by atoms with E-state index in [0.29, 0.717) is 18.1 Å². The lowest BCUT2D eigenvalue weighted by atomic mass is 9.93. The number of hydrogen-bond donors (Lipinski definition) is 1. The van der Waals surface area contributed by atoms with Crippen molar-refractivity contribution in [2.75, 3.05) is 12.3 Å². The summed E-state index contributed by atoms with van der Waals surface area (Å²) in [6, 6.07) is 10.1. The second kappa shape index (κ2) is 5.75. The molecule has 0 unspecified atom stereocenters. The summed E-state index contributed by atoms with van der Waals surface area (Å²) in [4.78, 5) is 14.6. The lowest BCUT2D eigenvalue weighted by molar-refractivity contribution is 0.0670. The third-order valence-electron chi connectivity index (χ3n) is 4.36. The molecule has 0 radical (unpaired) electrons. The number of amides is 1. The van der Waals surface area contributed by atoms with Gasteiger partial charge in [0.1, 0.15) is 5.82 Å². The van der Waals surface area contributed by atoms with Gasteiger partial charge >= 0.3 is 0 Å². The van der Waals surface area contributed by atoms with Crippen molar-refractivity contribution < 1.29 is 4.79 Å². The summed E-state index contributed by atoms with van der Waals surface area (Å²) in [5.74, 6) is 0.320. The maximum atomic E-state index is 12.8. The first-order valence-corrected chi connectivity index (χ1v) is 7.62. The molecule has 3 rings (SSSR count). The number of nitrogen functional groups attached to an aromatic ring is 1. The van der Waals surface area contributed by atoms with Crippen LogP contribution in [0.25, 0.3) is 0 Å². The molecular formula is C17H20N4O. The van der Waals surface area contributed by atoms with Crippen LogP contribution in [0.3, 0.4) is 0 Å². The summed E-state index contributed by atoms with van der Waals surface area (Å²) in [5.41, 5.74) is 9.53. The summed E-state index contributed by atoms with van der Waals surface area (Å²) in [5, 5.41) is 7.90. The van der Waals surface area contributed by atoms with Gasteiger partial charge < -0.3 is 10.6 Å². The van der Waals surface area contributed by atoms with E-state index in [-0.39, 0.29) is 11.9 Å². The molecule has 0 bridgehead atoms. The van der Waals surface area contributed by atoms with E-state index in [1.807, 2.05) is 24.0 Å². The number of aromatic nitrogens is 2. The van der Waals surface area contributed by atoms with Gasteiger partial charge in [-0.2, -0.15) is 0 Å². The number of carbonyl (C=O) groups is 1. The molecule has 1 aliphatic heterocycles. The van der Waals surface area contributed by atoms with E-state index in [4.69, 9.17) is 5.73 Å². The van der Waals surface area contributed by atoms with Gasteiger partial charge in [-0.3, -0.25) is 4.79 Å². The molecule has 0 saturated carbocycles. The van der Waals surface area contributed by atoms with Crippen LogP contribution in [-0.4, -0.2) is 27.5 Å². The number of fused-ring (bicyclic) bond motifs is 1. The molecule has 2 aromatic rings. The van der Waals surface area contributed by atoms with E-state index >= 15 is 0 Å². The van der Waals surface area contributed by atoms with Crippen molar-refractivity contribution in [2.24, 2.45) is 0 Å². The van der Waals surface area contributed by atoms with Gasteiger partial charge in [0.15, 0.2) is 5.69 Å². The van der Waals surface area contributed by atoms with Crippen LogP contribution in [0.2, 0.25) is 0 Å². The van der Waals surface area contributed by atoms with Gasteiger partial charge in [-0.15, -0.1) is 10.2 Å². The van der Waals surface area contributed by atoms with E-state index in [1.165, 1.54) is 11.1 Å². The van der Waals surface area contributed by atoms with Crippen molar-refractivity contribution in [3.63, 3.8) is 0 Å². The molecule has 2 heterocycles. The lowest BCUT2D eigenvalue weighted by Crippen LogP contribution is -2.39.